The lowest BCUT2D eigenvalue weighted by Gasteiger charge is -2.13. The van der Waals surface area contributed by atoms with Gasteiger partial charge in [0.05, 0.1) is 5.60 Å². The maximum Gasteiger partial charge on any atom is 0.0603 e. The molecule has 7 heavy (non-hydrogen) atoms. The lowest BCUT2D eigenvalue weighted by atomic mass is 10.1. The van der Waals surface area contributed by atoms with Gasteiger partial charge in [0.1, 0.15) is 0 Å². The smallest absolute Gasteiger partial charge is 0.0603 e. The molecule has 0 fully saturated rings. The Morgan fingerprint density at radius 2 is 2.29 bits per heavy atom. The highest BCUT2D eigenvalue weighted by Gasteiger charge is 2.08. The minimum absolute atomic E-state index is 0.0417. The predicted octanol–water partition coefficient (Wildman–Crippen LogP) is 0.106. The Bertz CT molecular complexity index is 80.1. The Labute approximate surface area is 47.1 Å². The van der Waals surface area contributed by atoms with Crippen molar-refractivity contribution < 1.29 is 7.85 Å². The van der Waals surface area contributed by atoms with Crippen molar-refractivity contribution in [2.45, 2.75) is 25.9 Å². The lowest BCUT2D eigenvalue weighted by molar-refractivity contribution is 0.0737. The fraction of sp³-hybridized carbons (Fsp3) is 1.00. The average molecular weight is 105 g/mol. The third kappa shape index (κ3) is 5.92. The number of aliphatic hydroxyl groups is 1. The molecule has 0 unspecified atom stereocenters. The van der Waals surface area contributed by atoms with E-state index in [-0.39, 0.29) is 6.42 Å². The zero-order valence-corrected chi connectivity index (χ0v) is 4.73. The van der Waals surface area contributed by atoms with Crippen molar-refractivity contribution in [3.8, 4) is 0 Å². The van der Waals surface area contributed by atoms with E-state index in [2.05, 4.69) is 0 Å². The Kier molecular flexibility index (Phi) is 1.26. The van der Waals surface area contributed by atoms with E-state index in [0.717, 1.165) is 0 Å². The number of rotatable bonds is 2. The van der Waals surface area contributed by atoms with Crippen molar-refractivity contribution in [3.63, 3.8) is 0 Å². The van der Waals surface area contributed by atoms with Crippen LogP contribution in [-0.2, 0) is 0 Å². The van der Waals surface area contributed by atoms with Crippen LogP contribution in [0.4, 0.5) is 0 Å². The maximum atomic E-state index is 9.03. The molecule has 0 saturated carbocycles. The van der Waals surface area contributed by atoms with Crippen LogP contribution in [0.2, 0.25) is 0 Å². The molecule has 0 aliphatic carbocycles. The first-order valence-corrected chi connectivity index (χ1v) is 2.22. The van der Waals surface area contributed by atoms with Crippen molar-refractivity contribution in [1.82, 2.24) is 0 Å². The number of hydrogen-bond acceptors (Lipinski definition) is 2. The molecule has 0 aromatic carbocycles. The molecule has 0 aromatic rings. The van der Waals surface area contributed by atoms with E-state index in [1.807, 2.05) is 0 Å². The zero-order chi connectivity index (χ0) is 7.71. The second-order valence-corrected chi connectivity index (χ2v) is 2.19. The maximum absolute atomic E-state index is 9.03. The first kappa shape index (κ1) is 3.87. The molecule has 0 saturated heterocycles. The summed E-state index contributed by atoms with van der Waals surface area (Å²) in [5.41, 5.74) is 3.98. The molecule has 0 spiro atoms. The first-order chi connectivity index (χ1) is 3.71. The molecule has 0 aliphatic rings. The quantitative estimate of drug-likeness (QED) is 0.523. The molecular weight excluding hydrogens is 90.1 g/mol. The Morgan fingerprint density at radius 3 is 2.29 bits per heavy atom. The van der Waals surface area contributed by atoms with Crippen molar-refractivity contribution in [1.29, 1.82) is 0 Å². The first-order valence-electron chi connectivity index (χ1n) is 3.22. The van der Waals surface area contributed by atoms with Gasteiger partial charge in [0, 0.05) is 2.74 Å². The van der Waals surface area contributed by atoms with E-state index in [1.165, 1.54) is 13.8 Å². The van der Waals surface area contributed by atoms with E-state index in [9.17, 15) is 0 Å². The zero-order valence-electron chi connectivity index (χ0n) is 6.73. The van der Waals surface area contributed by atoms with E-state index in [4.69, 9.17) is 13.6 Å². The minimum Gasteiger partial charge on any atom is -0.390 e. The van der Waals surface area contributed by atoms with Crippen molar-refractivity contribution in [3.05, 3.63) is 0 Å². The van der Waals surface area contributed by atoms with Gasteiger partial charge < -0.3 is 10.8 Å². The average Bonchev–Trinajstić information content (AvgIpc) is 1.14. The van der Waals surface area contributed by atoms with Crippen molar-refractivity contribution in [2.75, 3.05) is 6.50 Å². The molecule has 0 bridgehead atoms. The van der Waals surface area contributed by atoms with Gasteiger partial charge in [0.25, 0.3) is 0 Å². The van der Waals surface area contributed by atoms with Crippen LogP contribution in [0.1, 0.15) is 23.0 Å². The van der Waals surface area contributed by atoms with E-state index in [0.29, 0.717) is 0 Å². The SMILES string of the molecule is [2H]C([2H])(N)CC(C)(C)O. The van der Waals surface area contributed by atoms with Gasteiger partial charge in [-0.05, 0) is 26.8 Å². The summed E-state index contributed by atoms with van der Waals surface area (Å²) in [6.45, 7) is 1.29. The summed E-state index contributed by atoms with van der Waals surface area (Å²) >= 11 is 0. The summed E-state index contributed by atoms with van der Waals surface area (Å²) in [6.07, 6.45) is -0.0417. The second kappa shape index (κ2) is 2.28. The highest BCUT2D eigenvalue weighted by molar-refractivity contribution is 4.63. The normalized spacial score (nSPS) is 18.3. The molecule has 2 nitrogen and oxygen atoms in total. The summed E-state index contributed by atoms with van der Waals surface area (Å²) in [6, 6.07) is 0. The minimum atomic E-state index is -1.77. The standard InChI is InChI=1S/C5H13NO/c1-5(2,7)3-4-6/h7H,3-4,6H2,1-2H3/i4D2. The van der Waals surface area contributed by atoms with Gasteiger partial charge in [0.2, 0.25) is 0 Å². The van der Waals surface area contributed by atoms with Crippen LogP contribution in [0.5, 0.6) is 0 Å². The molecule has 0 amide bonds. The highest BCUT2D eigenvalue weighted by atomic mass is 16.3. The van der Waals surface area contributed by atoms with Gasteiger partial charge in [-0.1, -0.05) is 0 Å². The molecule has 0 aliphatic heterocycles. The van der Waals surface area contributed by atoms with Gasteiger partial charge in [-0.2, -0.15) is 0 Å². The van der Waals surface area contributed by atoms with Gasteiger partial charge in [-0.3, -0.25) is 0 Å². The monoisotopic (exact) mass is 105 g/mol. The van der Waals surface area contributed by atoms with Crippen LogP contribution in [-0.4, -0.2) is 17.2 Å². The van der Waals surface area contributed by atoms with Crippen LogP contribution >= 0.6 is 0 Å². The van der Waals surface area contributed by atoms with E-state index in [1.54, 1.807) is 0 Å². The molecule has 3 N–H and O–H groups in total. The molecule has 0 radical (unpaired) electrons. The van der Waals surface area contributed by atoms with Crippen LogP contribution in [0.25, 0.3) is 0 Å². The van der Waals surface area contributed by atoms with Gasteiger partial charge in [-0.15, -0.1) is 0 Å². The van der Waals surface area contributed by atoms with Gasteiger partial charge in [0.15, 0.2) is 0 Å². The summed E-state index contributed by atoms with van der Waals surface area (Å²) in [5.74, 6) is 0. The fourth-order valence-electron chi connectivity index (χ4n) is 0.250. The predicted molar refractivity (Wildman–Crippen MR) is 30.0 cm³/mol. The third-order valence-corrected chi connectivity index (χ3v) is 0.535. The van der Waals surface area contributed by atoms with Crippen LogP contribution < -0.4 is 5.73 Å². The molecule has 0 aromatic heterocycles. The van der Waals surface area contributed by atoms with E-state index < -0.39 is 12.1 Å². The van der Waals surface area contributed by atoms with Crippen LogP contribution in [0.15, 0.2) is 0 Å². The molecule has 44 valence electrons. The topological polar surface area (TPSA) is 46.2 Å². The number of nitrogens with two attached hydrogens (primary N) is 1. The second-order valence-electron chi connectivity index (χ2n) is 2.19. The Hall–Kier alpha value is -0.0800. The molecule has 0 rings (SSSR count). The van der Waals surface area contributed by atoms with E-state index >= 15 is 0 Å². The molecule has 0 heterocycles. The molecule has 0 atom stereocenters. The largest absolute Gasteiger partial charge is 0.390 e. The Morgan fingerprint density at radius 1 is 1.86 bits per heavy atom. The van der Waals surface area contributed by atoms with Crippen molar-refractivity contribution in [2.24, 2.45) is 5.73 Å². The molecular formula is C5H13NO. The molecule has 2 heteroatoms. The van der Waals surface area contributed by atoms with Crippen LogP contribution in [0, 0.1) is 0 Å². The fourth-order valence-corrected chi connectivity index (χ4v) is 0.250. The summed E-state index contributed by atoms with van der Waals surface area (Å²) in [7, 11) is 0. The van der Waals surface area contributed by atoms with Gasteiger partial charge in [-0.25, -0.2) is 0 Å². The van der Waals surface area contributed by atoms with Crippen molar-refractivity contribution >= 4 is 0 Å². The highest BCUT2D eigenvalue weighted by Crippen LogP contribution is 2.03. The lowest BCUT2D eigenvalue weighted by Crippen LogP contribution is -2.22. The third-order valence-electron chi connectivity index (χ3n) is 0.535. The summed E-state index contributed by atoms with van der Waals surface area (Å²) in [4.78, 5) is 0. The number of hydrogen-bond donors (Lipinski definition) is 2. The summed E-state index contributed by atoms with van der Waals surface area (Å²) in [5, 5.41) is 9.03. The van der Waals surface area contributed by atoms with Crippen LogP contribution in [0.3, 0.4) is 0 Å². The Balaban J connectivity index is 3.75. The summed E-state index contributed by atoms with van der Waals surface area (Å²) < 4.78 is 13.7. The van der Waals surface area contributed by atoms with Gasteiger partial charge >= 0.3 is 0 Å².